The second-order valence-electron chi connectivity index (χ2n) is 6.22. The fraction of sp³-hybridized carbons (Fsp3) is 0.600. The molecule has 2 amide bonds. The van der Waals surface area contributed by atoms with Crippen LogP contribution in [0.25, 0.3) is 0 Å². The molecular weight excluding hydrogens is 346 g/mol. The van der Waals surface area contributed by atoms with E-state index < -0.39 is 10.2 Å². The van der Waals surface area contributed by atoms with Gasteiger partial charge in [0.1, 0.15) is 6.10 Å². The third-order valence-corrected chi connectivity index (χ3v) is 5.81. The fourth-order valence-electron chi connectivity index (χ4n) is 2.34. The van der Waals surface area contributed by atoms with Gasteiger partial charge in [-0.15, -0.1) is 0 Å². The number of nitrogens with zero attached hydrogens (tertiary/aromatic N) is 4. The zero-order valence-corrected chi connectivity index (χ0v) is 15.8. The Balaban J connectivity index is 1.87. The quantitative estimate of drug-likeness (QED) is 0.827. The summed E-state index contributed by atoms with van der Waals surface area (Å²) in [4.78, 5) is 17.2. The molecule has 0 aromatic carbocycles. The molecule has 25 heavy (non-hydrogen) atoms. The Kier molecular flexibility index (Phi) is 6.20. The average Bonchev–Trinajstić information content (AvgIpc) is 2.57. The molecule has 140 valence electrons. The zero-order valence-electron chi connectivity index (χ0n) is 15.0. The Morgan fingerprint density at radius 3 is 2.36 bits per heavy atom. The van der Waals surface area contributed by atoms with Crippen LogP contribution in [0.5, 0.6) is 5.88 Å². The summed E-state index contributed by atoms with van der Waals surface area (Å²) in [6, 6.07) is 3.17. The molecular formula is C15H25N5O4S. The minimum absolute atomic E-state index is 0.0803. The number of hydrogen-bond donors (Lipinski definition) is 1. The first-order chi connectivity index (χ1) is 11.7. The summed E-state index contributed by atoms with van der Waals surface area (Å²) in [5.41, 5.74) is 0.581. The second-order valence-corrected chi connectivity index (χ2v) is 8.36. The van der Waals surface area contributed by atoms with Crippen molar-refractivity contribution in [2.75, 3.05) is 46.6 Å². The zero-order chi connectivity index (χ0) is 18.6. The van der Waals surface area contributed by atoms with Gasteiger partial charge < -0.3 is 15.0 Å². The molecule has 10 heteroatoms. The summed E-state index contributed by atoms with van der Waals surface area (Å²) < 4.78 is 32.7. The van der Waals surface area contributed by atoms with Crippen LogP contribution in [0, 0.1) is 0 Å². The lowest BCUT2D eigenvalue weighted by Gasteiger charge is -2.32. The van der Waals surface area contributed by atoms with Gasteiger partial charge in [0.2, 0.25) is 5.88 Å². The molecule has 1 aliphatic heterocycles. The van der Waals surface area contributed by atoms with Gasteiger partial charge in [-0.05, 0) is 18.9 Å². The first kappa shape index (κ1) is 19.4. The number of hydrogen-bond acceptors (Lipinski definition) is 5. The highest BCUT2D eigenvalue weighted by Gasteiger charge is 2.30. The highest BCUT2D eigenvalue weighted by Crippen LogP contribution is 2.20. The molecule has 0 saturated carbocycles. The molecule has 1 aliphatic rings. The van der Waals surface area contributed by atoms with Crippen LogP contribution in [0.1, 0.15) is 12.8 Å². The van der Waals surface area contributed by atoms with Crippen molar-refractivity contribution in [3.05, 3.63) is 18.3 Å². The number of carbonyl (C=O) groups is 1. The predicted molar refractivity (Wildman–Crippen MR) is 94.8 cm³/mol. The van der Waals surface area contributed by atoms with Crippen molar-refractivity contribution in [2.45, 2.75) is 18.9 Å². The number of urea groups is 1. The van der Waals surface area contributed by atoms with Crippen LogP contribution in [-0.4, -0.2) is 80.3 Å². The summed E-state index contributed by atoms with van der Waals surface area (Å²) in [5.74, 6) is 0.455. The normalized spacial score (nSPS) is 16.7. The molecule has 1 aromatic heterocycles. The number of anilines is 1. The van der Waals surface area contributed by atoms with Gasteiger partial charge in [-0.25, -0.2) is 9.78 Å². The standard InChI is InChI=1S/C15H25N5O4S/c1-18(2)15(21)17-12-5-6-14(16-11-12)24-13-7-9-20(10-8-13)25(22,23)19(3)4/h5-6,11,13H,7-10H2,1-4H3,(H,17,21). The lowest BCUT2D eigenvalue weighted by atomic mass is 10.1. The number of ether oxygens (including phenoxy) is 1. The Labute approximate surface area is 148 Å². The van der Waals surface area contributed by atoms with Crippen molar-refractivity contribution in [1.29, 1.82) is 0 Å². The molecule has 2 rings (SSSR count). The Bertz CT molecular complexity index is 682. The number of aromatic nitrogens is 1. The maximum atomic E-state index is 12.1. The van der Waals surface area contributed by atoms with E-state index in [-0.39, 0.29) is 12.1 Å². The Morgan fingerprint density at radius 2 is 1.88 bits per heavy atom. The third kappa shape index (κ3) is 5.03. The van der Waals surface area contributed by atoms with Crippen LogP contribution in [0.2, 0.25) is 0 Å². The molecule has 0 unspecified atom stereocenters. The van der Waals surface area contributed by atoms with E-state index in [0.717, 1.165) is 0 Å². The maximum absolute atomic E-state index is 12.1. The van der Waals surface area contributed by atoms with Crippen LogP contribution in [0.15, 0.2) is 18.3 Å². The van der Waals surface area contributed by atoms with Crippen LogP contribution in [-0.2, 0) is 10.2 Å². The van der Waals surface area contributed by atoms with E-state index in [1.807, 2.05) is 0 Å². The molecule has 1 saturated heterocycles. The molecule has 0 radical (unpaired) electrons. The van der Waals surface area contributed by atoms with Crippen molar-refractivity contribution in [1.82, 2.24) is 18.5 Å². The summed E-state index contributed by atoms with van der Waals surface area (Å²) >= 11 is 0. The van der Waals surface area contributed by atoms with E-state index in [4.69, 9.17) is 4.74 Å². The van der Waals surface area contributed by atoms with Crippen LogP contribution >= 0.6 is 0 Å². The molecule has 1 aromatic rings. The summed E-state index contributed by atoms with van der Waals surface area (Å²) in [6.07, 6.45) is 2.66. The van der Waals surface area contributed by atoms with E-state index in [1.54, 1.807) is 26.2 Å². The van der Waals surface area contributed by atoms with E-state index in [9.17, 15) is 13.2 Å². The van der Waals surface area contributed by atoms with Crippen LogP contribution in [0.4, 0.5) is 10.5 Å². The number of nitrogens with one attached hydrogen (secondary N) is 1. The van der Waals surface area contributed by atoms with Crippen molar-refractivity contribution in [3.63, 3.8) is 0 Å². The van der Waals surface area contributed by atoms with E-state index in [1.165, 1.54) is 33.8 Å². The van der Waals surface area contributed by atoms with Gasteiger partial charge in [0.05, 0.1) is 11.9 Å². The van der Waals surface area contributed by atoms with Crippen LogP contribution < -0.4 is 10.1 Å². The van der Waals surface area contributed by atoms with E-state index >= 15 is 0 Å². The molecule has 0 spiro atoms. The lowest BCUT2D eigenvalue weighted by molar-refractivity contribution is 0.128. The van der Waals surface area contributed by atoms with Crippen molar-refractivity contribution >= 4 is 21.9 Å². The summed E-state index contributed by atoms with van der Waals surface area (Å²) in [5, 5.41) is 2.70. The molecule has 0 bridgehead atoms. The molecule has 1 N–H and O–H groups in total. The number of amides is 2. The number of piperidine rings is 1. The number of pyridine rings is 1. The second kappa shape index (κ2) is 7.98. The van der Waals surface area contributed by atoms with Gasteiger partial charge in [-0.2, -0.15) is 17.0 Å². The van der Waals surface area contributed by atoms with Crippen molar-refractivity contribution in [2.24, 2.45) is 0 Å². The largest absolute Gasteiger partial charge is 0.474 e. The maximum Gasteiger partial charge on any atom is 0.321 e. The third-order valence-electron chi connectivity index (χ3n) is 3.87. The van der Waals surface area contributed by atoms with Gasteiger partial charge in [-0.1, -0.05) is 0 Å². The topological polar surface area (TPSA) is 95.1 Å². The first-order valence-corrected chi connectivity index (χ1v) is 9.38. The Morgan fingerprint density at radius 1 is 1.24 bits per heavy atom. The van der Waals surface area contributed by atoms with Gasteiger partial charge >= 0.3 is 6.03 Å². The van der Waals surface area contributed by atoms with Crippen molar-refractivity contribution in [3.8, 4) is 5.88 Å². The highest BCUT2D eigenvalue weighted by molar-refractivity contribution is 7.86. The Hall–Kier alpha value is -1.91. The molecule has 0 atom stereocenters. The molecule has 9 nitrogen and oxygen atoms in total. The number of carbonyl (C=O) groups excluding carboxylic acids is 1. The molecule has 1 fully saturated rings. The summed E-state index contributed by atoms with van der Waals surface area (Å²) in [7, 11) is 3.00. The minimum atomic E-state index is -3.37. The average molecular weight is 371 g/mol. The SMILES string of the molecule is CN(C)C(=O)Nc1ccc(OC2CCN(S(=O)(=O)N(C)C)CC2)nc1. The monoisotopic (exact) mass is 371 g/mol. The van der Waals surface area contributed by atoms with Gasteiger partial charge in [0, 0.05) is 47.3 Å². The number of rotatable bonds is 5. The molecule has 2 heterocycles. The minimum Gasteiger partial charge on any atom is -0.474 e. The smallest absolute Gasteiger partial charge is 0.321 e. The van der Waals surface area contributed by atoms with Gasteiger partial charge in [0.15, 0.2) is 0 Å². The lowest BCUT2D eigenvalue weighted by Crippen LogP contribution is -2.46. The van der Waals surface area contributed by atoms with Crippen LogP contribution in [0.3, 0.4) is 0 Å². The predicted octanol–water partition coefficient (Wildman–Crippen LogP) is 0.825. The van der Waals surface area contributed by atoms with E-state index in [0.29, 0.717) is 37.5 Å². The van der Waals surface area contributed by atoms with Crippen molar-refractivity contribution < 1.29 is 17.9 Å². The molecule has 0 aliphatic carbocycles. The van der Waals surface area contributed by atoms with Gasteiger partial charge in [0.25, 0.3) is 10.2 Å². The fourth-order valence-corrected chi connectivity index (χ4v) is 3.48. The first-order valence-electron chi connectivity index (χ1n) is 7.99. The summed E-state index contributed by atoms with van der Waals surface area (Å²) in [6.45, 7) is 0.838. The van der Waals surface area contributed by atoms with E-state index in [2.05, 4.69) is 10.3 Å². The van der Waals surface area contributed by atoms with Gasteiger partial charge in [-0.3, -0.25) is 0 Å². The highest BCUT2D eigenvalue weighted by atomic mass is 32.2.